The Hall–Kier alpha value is -5.19. The molecule has 5 heterocycles. The van der Waals surface area contributed by atoms with Gasteiger partial charge in [-0.15, -0.1) is 0 Å². The number of nitrogens with zero attached hydrogens (tertiary/aromatic N) is 7. The van der Waals surface area contributed by atoms with Crippen molar-refractivity contribution in [3.8, 4) is 5.69 Å². The topological polar surface area (TPSA) is 154 Å². The van der Waals surface area contributed by atoms with Crippen molar-refractivity contribution in [3.63, 3.8) is 0 Å². The van der Waals surface area contributed by atoms with Crippen LogP contribution in [-0.4, -0.2) is 84.9 Å². The van der Waals surface area contributed by atoms with Crippen LogP contribution in [0.5, 0.6) is 0 Å². The van der Waals surface area contributed by atoms with E-state index in [-0.39, 0.29) is 36.1 Å². The largest absolute Gasteiger partial charge is 0.401 e. The van der Waals surface area contributed by atoms with Crippen molar-refractivity contribution in [2.24, 2.45) is 0 Å². The predicted molar refractivity (Wildman–Crippen MR) is 172 cm³/mol. The van der Waals surface area contributed by atoms with Crippen LogP contribution in [0.25, 0.3) is 5.69 Å². The van der Waals surface area contributed by atoms with E-state index in [4.69, 9.17) is 0 Å². The Morgan fingerprint density at radius 2 is 1.84 bits per heavy atom. The van der Waals surface area contributed by atoms with Crippen molar-refractivity contribution < 1.29 is 31.9 Å². The van der Waals surface area contributed by atoms with Crippen molar-refractivity contribution in [1.82, 2.24) is 45.5 Å². The monoisotopic (exact) mass is 696 g/mol. The van der Waals surface area contributed by atoms with Gasteiger partial charge in [-0.1, -0.05) is 12.1 Å². The second-order valence-corrected chi connectivity index (χ2v) is 13.0. The van der Waals surface area contributed by atoms with Crippen LogP contribution in [0, 0.1) is 12.7 Å². The van der Waals surface area contributed by atoms with Gasteiger partial charge in [0.15, 0.2) is 17.5 Å². The Kier molecular flexibility index (Phi) is 9.44. The molecule has 2 aliphatic heterocycles. The van der Waals surface area contributed by atoms with E-state index in [0.717, 1.165) is 30.7 Å². The molecule has 2 saturated heterocycles. The highest BCUT2D eigenvalue weighted by molar-refractivity contribution is 6.00. The number of imide groups is 1. The molecule has 2 aliphatic rings. The molecule has 0 spiro atoms. The molecule has 6 rings (SSSR count). The number of alkyl halides is 3. The molecule has 50 heavy (non-hydrogen) atoms. The zero-order valence-electron chi connectivity index (χ0n) is 27.6. The highest BCUT2D eigenvalue weighted by Crippen LogP contribution is 2.38. The molecular formula is C33H36F4N10O3. The molecule has 2 fully saturated rings. The van der Waals surface area contributed by atoms with Gasteiger partial charge in [-0.25, -0.2) is 19.0 Å². The normalized spacial score (nSPS) is 17.6. The van der Waals surface area contributed by atoms with E-state index in [1.54, 1.807) is 10.9 Å². The van der Waals surface area contributed by atoms with E-state index >= 15 is 4.39 Å². The third kappa shape index (κ3) is 7.22. The number of aryl methyl sites for hydroxylation is 1. The molecule has 264 valence electrons. The molecule has 3 N–H and O–H groups in total. The van der Waals surface area contributed by atoms with Crippen LogP contribution in [0.3, 0.4) is 0 Å². The predicted octanol–water partition coefficient (Wildman–Crippen LogP) is 3.45. The number of carbonyl (C=O) groups excluding carboxylic acids is 3. The maximum absolute atomic E-state index is 15.1. The molecule has 0 saturated carbocycles. The zero-order valence-corrected chi connectivity index (χ0v) is 27.6. The highest BCUT2D eigenvalue weighted by Gasteiger charge is 2.51. The second kappa shape index (κ2) is 13.6. The first kappa shape index (κ1) is 34.7. The quantitative estimate of drug-likeness (QED) is 0.176. The minimum Gasteiger partial charge on any atom is -0.352 e. The smallest absolute Gasteiger partial charge is 0.352 e. The highest BCUT2D eigenvalue weighted by atomic mass is 19.4. The van der Waals surface area contributed by atoms with E-state index in [1.807, 2.05) is 30.0 Å². The van der Waals surface area contributed by atoms with Crippen LogP contribution in [0.2, 0.25) is 0 Å². The number of nitrogens with one attached hydrogen (secondary N) is 3. The second-order valence-electron chi connectivity index (χ2n) is 13.0. The molecule has 17 heteroatoms. The molecule has 3 amide bonds. The summed E-state index contributed by atoms with van der Waals surface area (Å²) in [5.41, 5.74) is 1.25. The van der Waals surface area contributed by atoms with Gasteiger partial charge in [-0.3, -0.25) is 29.7 Å². The van der Waals surface area contributed by atoms with Crippen LogP contribution >= 0.6 is 0 Å². The zero-order chi connectivity index (χ0) is 35.8. The molecule has 1 aromatic carbocycles. The minimum absolute atomic E-state index is 0.0930. The van der Waals surface area contributed by atoms with Crippen molar-refractivity contribution in [2.45, 2.75) is 64.2 Å². The summed E-state index contributed by atoms with van der Waals surface area (Å²) in [6, 6.07) is 7.28. The first-order chi connectivity index (χ1) is 23.7. The fourth-order valence-electron chi connectivity index (χ4n) is 5.95. The molecule has 4 aromatic rings. The van der Waals surface area contributed by atoms with E-state index < -0.39 is 41.0 Å². The van der Waals surface area contributed by atoms with Gasteiger partial charge in [0, 0.05) is 51.5 Å². The maximum Gasteiger partial charge on any atom is 0.401 e. The van der Waals surface area contributed by atoms with Crippen molar-refractivity contribution in [1.29, 1.82) is 0 Å². The van der Waals surface area contributed by atoms with Gasteiger partial charge in [0.05, 0.1) is 29.9 Å². The lowest BCUT2D eigenvalue weighted by atomic mass is 9.91. The lowest BCUT2D eigenvalue weighted by molar-refractivity contribution is -0.182. The molecule has 0 radical (unpaired) electrons. The van der Waals surface area contributed by atoms with Crippen LogP contribution < -0.4 is 15.5 Å². The minimum atomic E-state index is -4.53. The SMILES string of the molecule is Cc1cc(CN2CCN(c3ncc(C4CCC(=O)NC4=O)cc3F)CC2)ccc1-n1cc(C(=O)NCc2nc(C(C)(C)C(F)(F)F)n[nH]2)cn1. The summed E-state index contributed by atoms with van der Waals surface area (Å²) in [6.07, 6.45) is 0.497. The molecule has 1 unspecified atom stereocenters. The number of hydrogen-bond donors (Lipinski definition) is 3. The number of aromatic amines is 1. The van der Waals surface area contributed by atoms with Gasteiger partial charge >= 0.3 is 6.18 Å². The fourth-order valence-corrected chi connectivity index (χ4v) is 5.95. The Balaban J connectivity index is 1.01. The molecule has 3 aromatic heterocycles. The Morgan fingerprint density at radius 3 is 2.52 bits per heavy atom. The van der Waals surface area contributed by atoms with Gasteiger partial charge in [0.25, 0.3) is 5.91 Å². The summed E-state index contributed by atoms with van der Waals surface area (Å²) in [4.78, 5) is 48.8. The van der Waals surface area contributed by atoms with Crippen LogP contribution in [0.1, 0.15) is 71.3 Å². The number of rotatable bonds is 9. The van der Waals surface area contributed by atoms with Crippen LogP contribution in [-0.2, 0) is 28.1 Å². The summed E-state index contributed by atoms with van der Waals surface area (Å²) < 4.78 is 56.6. The van der Waals surface area contributed by atoms with Gasteiger partial charge in [0.1, 0.15) is 11.2 Å². The molecule has 13 nitrogen and oxygen atoms in total. The number of anilines is 1. The third-order valence-electron chi connectivity index (χ3n) is 9.13. The first-order valence-corrected chi connectivity index (χ1v) is 16.1. The van der Waals surface area contributed by atoms with Crippen molar-refractivity contribution >= 4 is 23.5 Å². The van der Waals surface area contributed by atoms with Gasteiger partial charge in [0.2, 0.25) is 11.8 Å². The molecule has 1 atom stereocenters. The Morgan fingerprint density at radius 1 is 1.08 bits per heavy atom. The van der Waals surface area contributed by atoms with Gasteiger partial charge < -0.3 is 10.2 Å². The summed E-state index contributed by atoms with van der Waals surface area (Å²) in [5.74, 6) is -2.39. The third-order valence-corrected chi connectivity index (χ3v) is 9.13. The number of hydrogen-bond acceptors (Lipinski definition) is 9. The number of halogens is 4. The average Bonchev–Trinajstić information content (AvgIpc) is 3.75. The van der Waals surface area contributed by atoms with Gasteiger partial charge in [-0.05, 0) is 56.0 Å². The Bertz CT molecular complexity index is 1910. The summed E-state index contributed by atoms with van der Waals surface area (Å²) in [5, 5.41) is 15.4. The summed E-state index contributed by atoms with van der Waals surface area (Å²) >= 11 is 0. The van der Waals surface area contributed by atoms with E-state index in [1.165, 1.54) is 18.5 Å². The number of aromatic nitrogens is 6. The lowest BCUT2D eigenvalue weighted by Crippen LogP contribution is -2.46. The van der Waals surface area contributed by atoms with Gasteiger partial charge in [-0.2, -0.15) is 23.4 Å². The maximum atomic E-state index is 15.1. The van der Waals surface area contributed by atoms with E-state index in [9.17, 15) is 27.6 Å². The molecule has 0 bridgehead atoms. The number of benzene rings is 1. The number of carbonyl (C=O) groups is 3. The number of pyridine rings is 1. The number of H-pyrrole nitrogens is 1. The average molecular weight is 697 g/mol. The van der Waals surface area contributed by atoms with E-state index in [0.29, 0.717) is 44.7 Å². The van der Waals surface area contributed by atoms with Crippen LogP contribution in [0.4, 0.5) is 23.4 Å². The first-order valence-electron chi connectivity index (χ1n) is 16.1. The number of amides is 3. The summed E-state index contributed by atoms with van der Waals surface area (Å²) in [6.45, 7) is 6.95. The van der Waals surface area contributed by atoms with Crippen LogP contribution in [0.15, 0.2) is 42.9 Å². The fraction of sp³-hybridized carbons (Fsp3) is 0.424. The number of piperazine rings is 1. The summed E-state index contributed by atoms with van der Waals surface area (Å²) in [7, 11) is 0. The van der Waals surface area contributed by atoms with E-state index in [2.05, 4.69) is 40.8 Å². The van der Waals surface area contributed by atoms with Crippen molar-refractivity contribution in [2.75, 3.05) is 31.1 Å². The molecular weight excluding hydrogens is 660 g/mol. The van der Waals surface area contributed by atoms with Crippen molar-refractivity contribution in [3.05, 3.63) is 82.6 Å². The molecule has 0 aliphatic carbocycles. The Labute approximate surface area is 284 Å². The standard InChI is InChI=1S/C33H36F4N10O3/c1-19-12-20(17-45-8-10-46(11-9-45)28-24(34)13-21(14-38-28)23-5-7-27(48)42-30(23)50)4-6-25(19)47-18-22(15-40-47)29(49)39-16-26-41-31(44-43-26)32(2,3)33(35,36)37/h4,6,12-15,18,23H,5,7-11,16-17H2,1-3H3,(H,39,49)(H,41,43,44)(H,42,48,50). The number of piperidine rings is 1. The lowest BCUT2D eigenvalue weighted by Gasteiger charge is -2.35.